The molecule has 0 aliphatic rings. The predicted molar refractivity (Wildman–Crippen MR) is 71.7 cm³/mol. The van der Waals surface area contributed by atoms with Gasteiger partial charge in [0.1, 0.15) is 11.6 Å². The van der Waals surface area contributed by atoms with Gasteiger partial charge in [0.25, 0.3) is 5.91 Å². The molecule has 1 heterocycles. The number of aromatic amines is 1. The van der Waals surface area contributed by atoms with Crippen LogP contribution in [0.3, 0.4) is 0 Å². The summed E-state index contributed by atoms with van der Waals surface area (Å²) in [4.78, 5) is 27.0. The topological polar surface area (TPSA) is 108 Å². The van der Waals surface area contributed by atoms with Crippen molar-refractivity contribution in [3.63, 3.8) is 0 Å². The molecule has 1 amide bonds. The Bertz CT molecular complexity index is 684. The SMILES string of the molecule is CCCc1nc(C(=O)Nc2ccc(F)cc2C(=O)O)n[nH]1. The Kier molecular flexibility index (Phi) is 4.27. The van der Waals surface area contributed by atoms with Crippen molar-refractivity contribution < 1.29 is 19.1 Å². The zero-order valence-electron chi connectivity index (χ0n) is 11.2. The third-order valence-electron chi connectivity index (χ3n) is 2.68. The first kappa shape index (κ1) is 14.6. The van der Waals surface area contributed by atoms with E-state index < -0.39 is 17.7 Å². The van der Waals surface area contributed by atoms with Crippen molar-refractivity contribution in [3.05, 3.63) is 41.2 Å². The summed E-state index contributed by atoms with van der Waals surface area (Å²) in [5.41, 5.74) is -0.358. The van der Waals surface area contributed by atoms with Gasteiger partial charge in [0.2, 0.25) is 5.82 Å². The molecule has 110 valence electrons. The van der Waals surface area contributed by atoms with Gasteiger partial charge in [-0.15, -0.1) is 5.10 Å². The molecular formula is C13H13FN4O3. The molecule has 3 N–H and O–H groups in total. The number of aromatic carboxylic acids is 1. The highest BCUT2D eigenvalue weighted by Crippen LogP contribution is 2.17. The molecule has 0 fully saturated rings. The van der Waals surface area contributed by atoms with E-state index in [1.165, 1.54) is 6.07 Å². The van der Waals surface area contributed by atoms with Crippen LogP contribution in [-0.4, -0.2) is 32.2 Å². The molecular weight excluding hydrogens is 279 g/mol. The number of benzene rings is 1. The average molecular weight is 292 g/mol. The molecule has 1 aromatic heterocycles. The van der Waals surface area contributed by atoms with E-state index >= 15 is 0 Å². The quantitative estimate of drug-likeness (QED) is 0.779. The predicted octanol–water partition coefficient (Wildman–Crippen LogP) is 1.85. The monoisotopic (exact) mass is 292 g/mol. The molecule has 0 spiro atoms. The number of carboxylic acid groups (broad SMARTS) is 1. The lowest BCUT2D eigenvalue weighted by Gasteiger charge is -2.06. The van der Waals surface area contributed by atoms with Crippen LogP contribution in [0.15, 0.2) is 18.2 Å². The summed E-state index contributed by atoms with van der Waals surface area (Å²) in [6.45, 7) is 1.96. The molecule has 21 heavy (non-hydrogen) atoms. The van der Waals surface area contributed by atoms with E-state index in [-0.39, 0.29) is 17.1 Å². The molecule has 2 rings (SSSR count). The summed E-state index contributed by atoms with van der Waals surface area (Å²) in [6, 6.07) is 3.07. The van der Waals surface area contributed by atoms with Crippen LogP contribution in [0, 0.1) is 5.82 Å². The van der Waals surface area contributed by atoms with Gasteiger partial charge in [-0.25, -0.2) is 14.2 Å². The molecule has 0 atom stereocenters. The first-order valence-corrected chi connectivity index (χ1v) is 6.26. The lowest BCUT2D eigenvalue weighted by Crippen LogP contribution is -2.16. The molecule has 0 radical (unpaired) electrons. The zero-order chi connectivity index (χ0) is 15.4. The van der Waals surface area contributed by atoms with E-state index in [2.05, 4.69) is 20.5 Å². The molecule has 0 unspecified atom stereocenters. The Morgan fingerprint density at radius 3 is 2.86 bits per heavy atom. The maximum atomic E-state index is 13.1. The number of carbonyl (C=O) groups is 2. The average Bonchev–Trinajstić information content (AvgIpc) is 2.89. The highest BCUT2D eigenvalue weighted by atomic mass is 19.1. The molecule has 0 aliphatic heterocycles. The van der Waals surface area contributed by atoms with Crippen molar-refractivity contribution in [3.8, 4) is 0 Å². The fourth-order valence-corrected chi connectivity index (χ4v) is 1.73. The fraction of sp³-hybridized carbons (Fsp3) is 0.231. The number of hydrogen-bond donors (Lipinski definition) is 3. The molecule has 0 saturated heterocycles. The van der Waals surface area contributed by atoms with E-state index in [9.17, 15) is 14.0 Å². The van der Waals surface area contributed by atoms with Crippen LogP contribution < -0.4 is 5.32 Å². The number of aromatic nitrogens is 3. The first-order chi connectivity index (χ1) is 10.0. The molecule has 8 heteroatoms. The molecule has 2 aromatic rings. The van der Waals surface area contributed by atoms with Gasteiger partial charge in [0, 0.05) is 6.42 Å². The number of nitrogens with one attached hydrogen (secondary N) is 2. The Morgan fingerprint density at radius 1 is 1.43 bits per heavy atom. The van der Waals surface area contributed by atoms with Crippen LogP contribution >= 0.6 is 0 Å². The van der Waals surface area contributed by atoms with Gasteiger partial charge in [0.15, 0.2) is 0 Å². The van der Waals surface area contributed by atoms with Crippen molar-refractivity contribution in [2.24, 2.45) is 0 Å². The number of halogens is 1. The minimum Gasteiger partial charge on any atom is -0.478 e. The second-order valence-electron chi connectivity index (χ2n) is 4.30. The van der Waals surface area contributed by atoms with E-state index in [4.69, 9.17) is 5.11 Å². The van der Waals surface area contributed by atoms with Crippen LogP contribution in [0.4, 0.5) is 10.1 Å². The van der Waals surface area contributed by atoms with E-state index in [1.807, 2.05) is 6.92 Å². The second-order valence-corrected chi connectivity index (χ2v) is 4.30. The van der Waals surface area contributed by atoms with Crippen molar-refractivity contribution in [1.82, 2.24) is 15.2 Å². The molecule has 0 saturated carbocycles. The Hall–Kier alpha value is -2.77. The number of carbonyl (C=O) groups excluding carboxylic acids is 1. The number of H-pyrrole nitrogens is 1. The maximum Gasteiger partial charge on any atom is 0.337 e. The highest BCUT2D eigenvalue weighted by molar-refractivity contribution is 6.05. The minimum absolute atomic E-state index is 0.0178. The number of aryl methyl sites for hydroxylation is 1. The summed E-state index contributed by atoms with van der Waals surface area (Å²) >= 11 is 0. The van der Waals surface area contributed by atoms with Crippen LogP contribution in [0.5, 0.6) is 0 Å². The van der Waals surface area contributed by atoms with Gasteiger partial charge < -0.3 is 10.4 Å². The van der Waals surface area contributed by atoms with Crippen LogP contribution in [0.25, 0.3) is 0 Å². The van der Waals surface area contributed by atoms with Gasteiger partial charge >= 0.3 is 5.97 Å². The lowest BCUT2D eigenvalue weighted by molar-refractivity contribution is 0.0697. The Morgan fingerprint density at radius 2 is 2.19 bits per heavy atom. The van der Waals surface area contributed by atoms with Gasteiger partial charge in [-0.2, -0.15) is 0 Å². The van der Waals surface area contributed by atoms with Crippen molar-refractivity contribution >= 4 is 17.6 Å². The summed E-state index contributed by atoms with van der Waals surface area (Å²) in [5, 5.41) is 17.7. The summed E-state index contributed by atoms with van der Waals surface area (Å²) in [5.74, 6) is -2.23. The molecule has 0 aliphatic carbocycles. The minimum atomic E-state index is -1.34. The van der Waals surface area contributed by atoms with Gasteiger partial charge in [-0.05, 0) is 24.6 Å². The van der Waals surface area contributed by atoms with Gasteiger partial charge in [-0.1, -0.05) is 6.92 Å². The molecule has 0 bridgehead atoms. The third kappa shape index (κ3) is 3.41. The summed E-state index contributed by atoms with van der Waals surface area (Å²) < 4.78 is 13.1. The Labute approximate surface area is 119 Å². The third-order valence-corrected chi connectivity index (χ3v) is 2.68. The number of rotatable bonds is 5. The van der Waals surface area contributed by atoms with E-state index in [0.717, 1.165) is 18.6 Å². The van der Waals surface area contributed by atoms with Crippen molar-refractivity contribution in [1.29, 1.82) is 0 Å². The smallest absolute Gasteiger partial charge is 0.337 e. The van der Waals surface area contributed by atoms with Crippen LogP contribution in [0.1, 0.15) is 40.1 Å². The van der Waals surface area contributed by atoms with Crippen LogP contribution in [0.2, 0.25) is 0 Å². The largest absolute Gasteiger partial charge is 0.478 e. The zero-order valence-corrected chi connectivity index (χ0v) is 11.2. The molecule has 1 aromatic carbocycles. The number of hydrogen-bond acceptors (Lipinski definition) is 4. The van der Waals surface area contributed by atoms with E-state index in [0.29, 0.717) is 12.2 Å². The maximum absolute atomic E-state index is 13.1. The highest BCUT2D eigenvalue weighted by Gasteiger charge is 2.17. The standard InChI is InChI=1S/C13H13FN4O3/c1-2-3-10-16-11(18-17-10)12(19)15-9-5-4-7(14)6-8(9)13(20)21/h4-6H,2-3H2,1H3,(H,15,19)(H,20,21)(H,16,17,18). The van der Waals surface area contributed by atoms with E-state index in [1.54, 1.807) is 0 Å². The van der Waals surface area contributed by atoms with Crippen LogP contribution in [-0.2, 0) is 6.42 Å². The fourth-order valence-electron chi connectivity index (χ4n) is 1.73. The summed E-state index contributed by atoms with van der Waals surface area (Å²) in [6.07, 6.45) is 1.49. The number of amides is 1. The number of carboxylic acids is 1. The van der Waals surface area contributed by atoms with Crippen molar-refractivity contribution in [2.75, 3.05) is 5.32 Å². The number of anilines is 1. The lowest BCUT2D eigenvalue weighted by atomic mass is 10.1. The Balaban J connectivity index is 2.20. The normalized spacial score (nSPS) is 10.4. The summed E-state index contributed by atoms with van der Waals surface area (Å²) in [7, 11) is 0. The first-order valence-electron chi connectivity index (χ1n) is 6.26. The van der Waals surface area contributed by atoms with Crippen molar-refractivity contribution in [2.45, 2.75) is 19.8 Å². The second kappa shape index (κ2) is 6.12. The van der Waals surface area contributed by atoms with Gasteiger partial charge in [-0.3, -0.25) is 9.89 Å². The number of nitrogens with zero attached hydrogens (tertiary/aromatic N) is 2. The van der Waals surface area contributed by atoms with Gasteiger partial charge in [0.05, 0.1) is 11.3 Å². The molecule has 7 nitrogen and oxygen atoms in total.